The highest BCUT2D eigenvalue weighted by molar-refractivity contribution is 7.92. The van der Waals surface area contributed by atoms with E-state index in [0.29, 0.717) is 21.3 Å². The second-order valence-corrected chi connectivity index (χ2v) is 11.2. The van der Waals surface area contributed by atoms with Crippen molar-refractivity contribution >= 4 is 50.7 Å². The number of hydrogen-bond donors (Lipinski definition) is 1. The number of halogens is 2. The van der Waals surface area contributed by atoms with Crippen LogP contribution in [0.25, 0.3) is 0 Å². The molecule has 1 atom stereocenters. The molecule has 196 valence electrons. The Morgan fingerprint density at radius 3 is 2.11 bits per heavy atom. The van der Waals surface area contributed by atoms with Crippen LogP contribution in [0.1, 0.15) is 23.6 Å². The van der Waals surface area contributed by atoms with Gasteiger partial charge in [0.1, 0.15) is 12.6 Å². The van der Waals surface area contributed by atoms with Gasteiger partial charge in [0, 0.05) is 29.2 Å². The average Bonchev–Trinajstić information content (AvgIpc) is 2.88. The van der Waals surface area contributed by atoms with Gasteiger partial charge in [0.25, 0.3) is 10.0 Å². The number of rotatable bonds is 9. The van der Waals surface area contributed by atoms with Crippen molar-refractivity contribution in [2.45, 2.75) is 38.3 Å². The molecule has 0 spiro atoms. The van der Waals surface area contributed by atoms with E-state index in [4.69, 9.17) is 23.2 Å². The highest BCUT2D eigenvalue weighted by Crippen LogP contribution is 2.30. The van der Waals surface area contributed by atoms with Crippen molar-refractivity contribution in [2.75, 3.05) is 17.9 Å². The predicted molar refractivity (Wildman–Crippen MR) is 147 cm³/mol. The largest absolute Gasteiger partial charge is 0.357 e. The van der Waals surface area contributed by atoms with E-state index < -0.39 is 34.4 Å². The lowest BCUT2D eigenvalue weighted by atomic mass is 10.1. The second-order valence-electron chi connectivity index (χ2n) is 8.56. The van der Waals surface area contributed by atoms with Crippen LogP contribution in [0.5, 0.6) is 0 Å². The van der Waals surface area contributed by atoms with Crippen molar-refractivity contribution in [3.05, 3.63) is 93.5 Å². The highest BCUT2D eigenvalue weighted by atomic mass is 35.5. The summed E-state index contributed by atoms with van der Waals surface area (Å²) in [6.07, 6.45) is 0. The first-order chi connectivity index (χ1) is 17.5. The van der Waals surface area contributed by atoms with E-state index in [1.54, 1.807) is 62.4 Å². The molecule has 3 aromatic carbocycles. The Bertz CT molecular complexity index is 1380. The number of carbonyl (C=O) groups is 2. The summed E-state index contributed by atoms with van der Waals surface area (Å²) in [5.41, 5.74) is 2.42. The van der Waals surface area contributed by atoms with Crippen LogP contribution in [0, 0.1) is 13.8 Å². The number of benzene rings is 3. The van der Waals surface area contributed by atoms with Gasteiger partial charge in [-0.15, -0.1) is 0 Å². The van der Waals surface area contributed by atoms with E-state index in [0.717, 1.165) is 15.4 Å². The van der Waals surface area contributed by atoms with Crippen LogP contribution in [0.3, 0.4) is 0 Å². The third-order valence-electron chi connectivity index (χ3n) is 6.26. The minimum Gasteiger partial charge on any atom is -0.357 e. The lowest BCUT2D eigenvalue weighted by Crippen LogP contribution is -2.50. The zero-order valence-electron chi connectivity index (χ0n) is 21.0. The normalized spacial score (nSPS) is 12.1. The molecule has 10 heteroatoms. The fourth-order valence-corrected chi connectivity index (χ4v) is 5.89. The number of amides is 2. The first-order valence-electron chi connectivity index (χ1n) is 11.6. The Labute approximate surface area is 228 Å². The maximum absolute atomic E-state index is 13.8. The van der Waals surface area contributed by atoms with Crippen LogP contribution in [-0.2, 0) is 26.2 Å². The summed E-state index contributed by atoms with van der Waals surface area (Å²) in [4.78, 5) is 27.8. The average molecular weight is 563 g/mol. The summed E-state index contributed by atoms with van der Waals surface area (Å²) < 4.78 is 28.7. The summed E-state index contributed by atoms with van der Waals surface area (Å²) in [6.45, 7) is 4.61. The molecule has 37 heavy (non-hydrogen) atoms. The Kier molecular flexibility index (Phi) is 9.23. The quantitative estimate of drug-likeness (QED) is 0.399. The highest BCUT2D eigenvalue weighted by Gasteiger charge is 2.33. The molecular formula is C27H29Cl2N3O4S. The molecule has 2 amide bonds. The molecule has 0 fully saturated rings. The Morgan fingerprint density at radius 1 is 0.919 bits per heavy atom. The SMILES string of the molecule is CNC(=O)[C@@H](C)N(Cc1c(Cl)cccc1Cl)C(=O)CN(c1cccc(C)c1C)S(=O)(=O)c1ccccc1. The van der Waals surface area contributed by atoms with Crippen LogP contribution in [-0.4, -0.2) is 44.8 Å². The van der Waals surface area contributed by atoms with Gasteiger partial charge in [0.15, 0.2) is 0 Å². The molecule has 0 aliphatic heterocycles. The topological polar surface area (TPSA) is 86.8 Å². The summed E-state index contributed by atoms with van der Waals surface area (Å²) >= 11 is 12.7. The van der Waals surface area contributed by atoms with Gasteiger partial charge in [-0.25, -0.2) is 8.42 Å². The molecule has 0 aliphatic carbocycles. The fourth-order valence-electron chi connectivity index (χ4n) is 3.88. The minimum atomic E-state index is -4.13. The van der Waals surface area contributed by atoms with Gasteiger partial charge in [-0.2, -0.15) is 0 Å². The Balaban J connectivity index is 2.10. The van der Waals surface area contributed by atoms with Crippen LogP contribution >= 0.6 is 23.2 Å². The smallest absolute Gasteiger partial charge is 0.264 e. The van der Waals surface area contributed by atoms with Crippen molar-refractivity contribution < 1.29 is 18.0 Å². The molecule has 0 heterocycles. The van der Waals surface area contributed by atoms with Gasteiger partial charge in [-0.05, 0) is 62.2 Å². The standard InChI is InChI=1S/C27H29Cl2N3O4S/c1-18-10-8-15-25(19(18)2)32(37(35,36)21-11-6-5-7-12-21)17-26(33)31(20(3)27(34)30-4)16-22-23(28)13-9-14-24(22)29/h5-15,20H,16-17H2,1-4H3,(H,30,34)/t20-/m1/s1. The summed E-state index contributed by atoms with van der Waals surface area (Å²) in [5, 5.41) is 3.20. The molecule has 1 N–H and O–H groups in total. The number of carbonyl (C=O) groups excluding carboxylic acids is 2. The number of hydrogen-bond acceptors (Lipinski definition) is 4. The van der Waals surface area contributed by atoms with Gasteiger partial charge in [-0.1, -0.05) is 59.6 Å². The molecule has 0 radical (unpaired) electrons. The number of nitrogens with zero attached hydrogens (tertiary/aromatic N) is 2. The Hall–Kier alpha value is -3.07. The zero-order valence-corrected chi connectivity index (χ0v) is 23.4. The van der Waals surface area contributed by atoms with Gasteiger partial charge in [0.05, 0.1) is 10.6 Å². The predicted octanol–water partition coefficient (Wildman–Crippen LogP) is 4.97. The van der Waals surface area contributed by atoms with Crippen LogP contribution in [0.4, 0.5) is 5.69 Å². The minimum absolute atomic E-state index is 0.0451. The van der Waals surface area contributed by atoms with E-state index in [2.05, 4.69) is 5.32 Å². The van der Waals surface area contributed by atoms with Gasteiger partial charge in [0.2, 0.25) is 11.8 Å². The molecular weight excluding hydrogens is 533 g/mol. The molecule has 7 nitrogen and oxygen atoms in total. The van der Waals surface area contributed by atoms with Crippen molar-refractivity contribution in [1.29, 1.82) is 0 Å². The molecule has 0 saturated carbocycles. The third kappa shape index (κ3) is 6.26. The zero-order chi connectivity index (χ0) is 27.3. The van der Waals surface area contributed by atoms with Crippen molar-refractivity contribution in [2.24, 2.45) is 0 Å². The summed E-state index contributed by atoms with van der Waals surface area (Å²) in [6, 6.07) is 17.2. The van der Waals surface area contributed by atoms with E-state index in [-0.39, 0.29) is 11.4 Å². The Morgan fingerprint density at radius 2 is 1.51 bits per heavy atom. The van der Waals surface area contributed by atoms with Crippen LogP contribution in [0.15, 0.2) is 71.6 Å². The maximum atomic E-state index is 13.8. The van der Waals surface area contributed by atoms with Crippen LogP contribution < -0.4 is 9.62 Å². The number of likely N-dealkylation sites (N-methyl/N-ethyl adjacent to an activating group) is 1. The summed E-state index contributed by atoms with van der Waals surface area (Å²) in [7, 11) is -2.66. The first kappa shape index (κ1) is 28.5. The molecule has 0 aromatic heterocycles. The van der Waals surface area contributed by atoms with Gasteiger partial charge >= 0.3 is 0 Å². The number of nitrogens with one attached hydrogen (secondary N) is 1. The molecule has 0 saturated heterocycles. The van der Waals surface area contributed by atoms with Gasteiger partial charge < -0.3 is 10.2 Å². The van der Waals surface area contributed by atoms with Crippen molar-refractivity contribution in [1.82, 2.24) is 10.2 Å². The molecule has 0 aliphatic rings. The van der Waals surface area contributed by atoms with E-state index in [1.807, 2.05) is 13.0 Å². The second kappa shape index (κ2) is 12.0. The van der Waals surface area contributed by atoms with E-state index in [9.17, 15) is 18.0 Å². The van der Waals surface area contributed by atoms with Crippen molar-refractivity contribution in [3.8, 4) is 0 Å². The fraction of sp³-hybridized carbons (Fsp3) is 0.259. The summed E-state index contributed by atoms with van der Waals surface area (Å²) in [5.74, 6) is -1.01. The van der Waals surface area contributed by atoms with Gasteiger partial charge in [-0.3, -0.25) is 13.9 Å². The number of sulfonamides is 1. The monoisotopic (exact) mass is 561 g/mol. The van der Waals surface area contributed by atoms with Crippen molar-refractivity contribution in [3.63, 3.8) is 0 Å². The molecule has 0 bridgehead atoms. The lowest BCUT2D eigenvalue weighted by Gasteiger charge is -2.32. The first-order valence-corrected chi connectivity index (χ1v) is 13.8. The van der Waals surface area contributed by atoms with Crippen LogP contribution in [0.2, 0.25) is 10.0 Å². The van der Waals surface area contributed by atoms with E-state index >= 15 is 0 Å². The number of anilines is 1. The third-order valence-corrected chi connectivity index (χ3v) is 8.74. The molecule has 0 unspecified atom stereocenters. The molecule has 3 aromatic rings. The maximum Gasteiger partial charge on any atom is 0.264 e. The number of aryl methyl sites for hydroxylation is 1. The lowest BCUT2D eigenvalue weighted by molar-refractivity contribution is -0.139. The molecule has 3 rings (SSSR count). The van der Waals surface area contributed by atoms with E-state index in [1.165, 1.54) is 24.1 Å².